The molecule has 0 aliphatic carbocycles. The monoisotopic (exact) mass is 347 g/mol. The highest BCUT2D eigenvalue weighted by Crippen LogP contribution is 2.29. The third-order valence-corrected chi connectivity index (χ3v) is 3.46. The minimum Gasteiger partial charge on any atom is -0.487 e. The van der Waals surface area contributed by atoms with Crippen LogP contribution in [-0.2, 0) is 16.1 Å². The smallest absolute Gasteiger partial charge is 0.355 e. The van der Waals surface area contributed by atoms with Gasteiger partial charge in [0.15, 0.2) is 0 Å². The number of nitrogens with two attached hydrogens (primary N) is 2. The summed E-state index contributed by atoms with van der Waals surface area (Å²) < 4.78 is 10.2. The summed E-state index contributed by atoms with van der Waals surface area (Å²) >= 11 is 6.15. The van der Waals surface area contributed by atoms with Crippen LogP contribution in [0.25, 0.3) is 0 Å². The van der Waals surface area contributed by atoms with Crippen LogP contribution in [0.5, 0.6) is 5.75 Å². The van der Waals surface area contributed by atoms with Crippen LogP contribution in [0.3, 0.4) is 0 Å². The molecule has 2 aromatic carbocycles. The van der Waals surface area contributed by atoms with Crippen LogP contribution in [0.4, 0.5) is 5.69 Å². The van der Waals surface area contributed by atoms with E-state index in [4.69, 9.17) is 27.9 Å². The molecule has 0 saturated heterocycles. The quantitative estimate of drug-likeness (QED) is 0.361. The predicted octanol–water partition coefficient (Wildman–Crippen LogP) is 2.57. The average Bonchev–Trinajstić information content (AvgIpc) is 2.61. The van der Waals surface area contributed by atoms with E-state index in [2.05, 4.69) is 4.74 Å². The predicted molar refractivity (Wildman–Crippen MR) is 93.2 cm³/mol. The van der Waals surface area contributed by atoms with E-state index in [0.29, 0.717) is 23.1 Å². The molecular formula is C17H18ClN3O3. The van der Waals surface area contributed by atoms with Crippen molar-refractivity contribution in [2.24, 2.45) is 11.6 Å². The van der Waals surface area contributed by atoms with E-state index in [-0.39, 0.29) is 5.70 Å². The van der Waals surface area contributed by atoms with Gasteiger partial charge in [-0.25, -0.2) is 10.6 Å². The van der Waals surface area contributed by atoms with Crippen LogP contribution in [0.1, 0.15) is 5.56 Å². The first-order valence-electron chi connectivity index (χ1n) is 7.07. The van der Waals surface area contributed by atoms with E-state index in [9.17, 15) is 4.79 Å². The molecule has 7 heteroatoms. The van der Waals surface area contributed by atoms with Gasteiger partial charge in [0.1, 0.15) is 18.1 Å². The molecule has 0 aromatic heterocycles. The van der Waals surface area contributed by atoms with Gasteiger partial charge >= 0.3 is 5.97 Å². The van der Waals surface area contributed by atoms with Crippen LogP contribution in [0.15, 0.2) is 60.4 Å². The summed E-state index contributed by atoms with van der Waals surface area (Å²) in [4.78, 5) is 11.3. The molecule has 0 atom stereocenters. The van der Waals surface area contributed by atoms with Gasteiger partial charge in [0.25, 0.3) is 0 Å². The van der Waals surface area contributed by atoms with E-state index >= 15 is 0 Å². The van der Waals surface area contributed by atoms with Gasteiger partial charge in [-0.1, -0.05) is 41.9 Å². The SMILES string of the molecule is COC(=O)/C(N)=C/N(N)c1ccc(Cl)c(OCc2ccccc2)c1. The normalized spacial score (nSPS) is 11.0. The molecule has 4 N–H and O–H groups in total. The second-order valence-electron chi connectivity index (χ2n) is 4.87. The molecule has 0 bridgehead atoms. The maximum Gasteiger partial charge on any atom is 0.355 e. The molecule has 2 aromatic rings. The van der Waals surface area contributed by atoms with E-state index in [1.54, 1.807) is 18.2 Å². The first kappa shape index (κ1) is 17.7. The molecule has 0 aliphatic heterocycles. The van der Waals surface area contributed by atoms with Crippen molar-refractivity contribution in [3.63, 3.8) is 0 Å². The zero-order valence-corrected chi connectivity index (χ0v) is 13.9. The van der Waals surface area contributed by atoms with Crippen LogP contribution in [-0.4, -0.2) is 13.1 Å². The molecule has 6 nitrogen and oxygen atoms in total. The third-order valence-electron chi connectivity index (χ3n) is 3.15. The summed E-state index contributed by atoms with van der Waals surface area (Å²) in [7, 11) is 1.24. The Morgan fingerprint density at radius 3 is 2.62 bits per heavy atom. The highest BCUT2D eigenvalue weighted by atomic mass is 35.5. The molecule has 2 rings (SSSR count). The van der Waals surface area contributed by atoms with Crippen LogP contribution in [0.2, 0.25) is 5.02 Å². The van der Waals surface area contributed by atoms with Crippen molar-refractivity contribution >= 4 is 23.3 Å². The zero-order chi connectivity index (χ0) is 17.5. The molecule has 0 saturated carbocycles. The molecule has 0 aliphatic rings. The van der Waals surface area contributed by atoms with Crippen LogP contribution < -0.4 is 21.3 Å². The molecule has 24 heavy (non-hydrogen) atoms. The molecule has 0 amide bonds. The molecule has 0 fully saturated rings. The lowest BCUT2D eigenvalue weighted by molar-refractivity contribution is -0.136. The Labute approximate surface area is 145 Å². The van der Waals surface area contributed by atoms with Gasteiger partial charge in [-0.15, -0.1) is 0 Å². The fraction of sp³-hybridized carbons (Fsp3) is 0.118. The summed E-state index contributed by atoms with van der Waals surface area (Å²) in [6.07, 6.45) is 1.26. The minimum absolute atomic E-state index is 0.123. The number of carbonyl (C=O) groups excluding carboxylic acids is 1. The van der Waals surface area contributed by atoms with Gasteiger partial charge in [-0.3, -0.25) is 5.01 Å². The van der Waals surface area contributed by atoms with Gasteiger partial charge < -0.3 is 15.2 Å². The lowest BCUT2D eigenvalue weighted by Crippen LogP contribution is -2.28. The fourth-order valence-corrected chi connectivity index (χ4v) is 2.07. The highest BCUT2D eigenvalue weighted by molar-refractivity contribution is 6.32. The Balaban J connectivity index is 2.14. The number of esters is 1. The highest BCUT2D eigenvalue weighted by Gasteiger charge is 2.10. The summed E-state index contributed by atoms with van der Waals surface area (Å²) in [6.45, 7) is 0.370. The van der Waals surface area contributed by atoms with Crippen molar-refractivity contribution < 1.29 is 14.3 Å². The summed E-state index contributed by atoms with van der Waals surface area (Å²) in [5.41, 5.74) is 7.02. The van der Waals surface area contributed by atoms with Crippen molar-refractivity contribution in [3.8, 4) is 5.75 Å². The minimum atomic E-state index is -0.667. The van der Waals surface area contributed by atoms with E-state index < -0.39 is 5.97 Å². The molecule has 0 heterocycles. The van der Waals surface area contributed by atoms with Crippen LogP contribution in [0, 0.1) is 0 Å². The number of methoxy groups -OCH3 is 1. The number of anilines is 1. The number of carbonyl (C=O) groups is 1. The Kier molecular flexibility index (Phi) is 6.06. The number of hydrazine groups is 1. The Bertz CT molecular complexity index is 735. The number of rotatable bonds is 6. The van der Waals surface area contributed by atoms with Gasteiger partial charge in [0, 0.05) is 6.07 Å². The molecule has 0 unspecified atom stereocenters. The summed E-state index contributed by atoms with van der Waals surface area (Å²) in [5.74, 6) is 5.69. The largest absolute Gasteiger partial charge is 0.487 e. The number of hydrogen-bond donors (Lipinski definition) is 2. The number of benzene rings is 2. The zero-order valence-electron chi connectivity index (χ0n) is 13.1. The maximum absolute atomic E-state index is 11.3. The van der Waals surface area contributed by atoms with E-state index in [1.807, 2.05) is 30.3 Å². The van der Waals surface area contributed by atoms with Gasteiger partial charge in [-0.2, -0.15) is 0 Å². The summed E-state index contributed by atoms with van der Waals surface area (Å²) in [6, 6.07) is 14.7. The van der Waals surface area contributed by atoms with Crippen molar-refractivity contribution in [1.82, 2.24) is 0 Å². The standard InChI is InChI=1S/C17H18ClN3O3/c1-23-17(22)15(19)10-21(20)13-7-8-14(18)16(9-13)24-11-12-5-3-2-4-6-12/h2-10H,11,19-20H2,1H3/b15-10-. The number of halogens is 1. The fourth-order valence-electron chi connectivity index (χ4n) is 1.89. The van der Waals surface area contributed by atoms with Gasteiger partial charge in [0.2, 0.25) is 0 Å². The molecule has 0 radical (unpaired) electrons. The number of hydrogen-bond acceptors (Lipinski definition) is 6. The van der Waals surface area contributed by atoms with Crippen molar-refractivity contribution in [2.75, 3.05) is 12.1 Å². The van der Waals surface area contributed by atoms with E-state index in [0.717, 1.165) is 5.56 Å². The molecular weight excluding hydrogens is 330 g/mol. The van der Waals surface area contributed by atoms with E-state index in [1.165, 1.54) is 18.3 Å². The second-order valence-corrected chi connectivity index (χ2v) is 5.28. The van der Waals surface area contributed by atoms with Gasteiger partial charge in [0.05, 0.1) is 24.0 Å². The first-order valence-corrected chi connectivity index (χ1v) is 7.45. The van der Waals surface area contributed by atoms with Crippen molar-refractivity contribution in [3.05, 3.63) is 71.0 Å². The molecule has 0 spiro atoms. The number of nitrogens with zero attached hydrogens (tertiary/aromatic N) is 1. The van der Waals surface area contributed by atoms with Gasteiger partial charge in [-0.05, 0) is 17.7 Å². The molecule has 126 valence electrons. The lowest BCUT2D eigenvalue weighted by atomic mass is 10.2. The Morgan fingerprint density at radius 1 is 1.25 bits per heavy atom. The maximum atomic E-state index is 11.3. The lowest BCUT2D eigenvalue weighted by Gasteiger charge is -2.17. The van der Waals surface area contributed by atoms with Crippen LogP contribution >= 0.6 is 11.6 Å². The first-order chi connectivity index (χ1) is 11.5. The Hall–Kier alpha value is -2.70. The topological polar surface area (TPSA) is 90.8 Å². The van der Waals surface area contributed by atoms with Crippen molar-refractivity contribution in [1.29, 1.82) is 0 Å². The number of ether oxygens (including phenoxy) is 2. The Morgan fingerprint density at radius 2 is 1.96 bits per heavy atom. The summed E-state index contributed by atoms with van der Waals surface area (Å²) in [5, 5.41) is 1.64. The third kappa shape index (κ3) is 4.65. The average molecular weight is 348 g/mol. The van der Waals surface area contributed by atoms with Crippen molar-refractivity contribution in [2.45, 2.75) is 6.61 Å². The second kappa shape index (κ2) is 8.24.